The van der Waals surface area contributed by atoms with Crippen molar-refractivity contribution in [2.24, 2.45) is 0 Å². The molecule has 0 aliphatic carbocycles. The van der Waals surface area contributed by atoms with Crippen LogP contribution in [-0.2, 0) is 9.53 Å². The average Bonchev–Trinajstić information content (AvgIpc) is 3.13. The van der Waals surface area contributed by atoms with E-state index in [1.807, 2.05) is 35.7 Å². The third-order valence-corrected chi connectivity index (χ3v) is 6.92. The van der Waals surface area contributed by atoms with Crippen LogP contribution in [0.15, 0.2) is 24.3 Å². The van der Waals surface area contributed by atoms with Crippen molar-refractivity contribution in [3.05, 3.63) is 29.8 Å². The molecule has 0 bridgehead atoms. The summed E-state index contributed by atoms with van der Waals surface area (Å²) >= 11 is 4.01. The summed E-state index contributed by atoms with van der Waals surface area (Å²) in [4.78, 5) is 11.8. The van der Waals surface area contributed by atoms with Crippen molar-refractivity contribution >= 4 is 29.4 Å². The van der Waals surface area contributed by atoms with Crippen molar-refractivity contribution in [3.63, 3.8) is 0 Å². The van der Waals surface area contributed by atoms with E-state index in [0.29, 0.717) is 11.1 Å². The third-order valence-electron chi connectivity index (χ3n) is 3.90. The molecule has 1 aromatic rings. The van der Waals surface area contributed by atoms with Gasteiger partial charge in [-0.25, -0.2) is 0 Å². The van der Waals surface area contributed by atoms with Gasteiger partial charge < -0.3 is 14.8 Å². The maximum absolute atomic E-state index is 11.8. The van der Waals surface area contributed by atoms with Gasteiger partial charge in [0.15, 0.2) is 6.61 Å². The lowest BCUT2D eigenvalue weighted by Crippen LogP contribution is -2.35. The molecule has 1 aromatic carbocycles. The summed E-state index contributed by atoms with van der Waals surface area (Å²) in [6.07, 6.45) is 3.58. The normalized spacial score (nSPS) is 22.0. The van der Waals surface area contributed by atoms with Gasteiger partial charge in [0.05, 0.1) is 10.7 Å². The molecule has 3 rings (SSSR count). The predicted molar refractivity (Wildman–Crippen MR) is 96.2 cm³/mol. The molecule has 1 atom stereocenters. The molecular formula is C17H23NO3S2. The Hall–Kier alpha value is -0.850. The zero-order valence-corrected chi connectivity index (χ0v) is 14.8. The summed E-state index contributed by atoms with van der Waals surface area (Å²) in [5, 5.41) is 2.86. The number of thioether (sulfide) groups is 2. The number of hydrogen-bond donors (Lipinski definition) is 1. The molecule has 6 heteroatoms. The fraction of sp³-hybridized carbons (Fsp3) is 0.588. The molecule has 0 saturated carbocycles. The van der Waals surface area contributed by atoms with Crippen LogP contribution in [0, 0.1) is 0 Å². The molecule has 0 aromatic heterocycles. The molecule has 4 nitrogen and oxygen atoms in total. The first kappa shape index (κ1) is 17.0. The van der Waals surface area contributed by atoms with Crippen molar-refractivity contribution in [1.29, 1.82) is 0 Å². The molecule has 2 aliphatic heterocycles. The Labute approximate surface area is 146 Å². The van der Waals surface area contributed by atoms with Crippen LogP contribution < -0.4 is 10.1 Å². The highest BCUT2D eigenvalue weighted by atomic mass is 32.2. The molecule has 1 N–H and O–H groups in total. The van der Waals surface area contributed by atoms with Crippen LogP contribution in [0.2, 0.25) is 0 Å². The Morgan fingerprint density at radius 3 is 2.70 bits per heavy atom. The van der Waals surface area contributed by atoms with Gasteiger partial charge in [-0.15, -0.1) is 23.5 Å². The summed E-state index contributed by atoms with van der Waals surface area (Å²) in [5.74, 6) is 3.12. The second kappa shape index (κ2) is 8.85. The number of ether oxygens (including phenoxy) is 2. The lowest BCUT2D eigenvalue weighted by Gasteiger charge is -2.21. The molecule has 23 heavy (non-hydrogen) atoms. The van der Waals surface area contributed by atoms with E-state index in [1.165, 1.54) is 23.5 Å². The monoisotopic (exact) mass is 353 g/mol. The quantitative estimate of drug-likeness (QED) is 0.851. The van der Waals surface area contributed by atoms with Crippen LogP contribution in [0.1, 0.15) is 29.4 Å². The molecule has 1 amide bonds. The van der Waals surface area contributed by atoms with E-state index in [-0.39, 0.29) is 18.6 Å². The Morgan fingerprint density at radius 1 is 1.22 bits per heavy atom. The van der Waals surface area contributed by atoms with E-state index >= 15 is 0 Å². The Kier molecular flexibility index (Phi) is 6.54. The Morgan fingerprint density at radius 2 is 2.00 bits per heavy atom. The third kappa shape index (κ3) is 5.33. The van der Waals surface area contributed by atoms with E-state index in [0.717, 1.165) is 25.2 Å². The van der Waals surface area contributed by atoms with Gasteiger partial charge in [-0.3, -0.25) is 4.79 Å². The van der Waals surface area contributed by atoms with Crippen molar-refractivity contribution in [2.45, 2.75) is 29.9 Å². The molecule has 2 saturated heterocycles. The van der Waals surface area contributed by atoms with Gasteiger partial charge in [0.1, 0.15) is 5.75 Å². The van der Waals surface area contributed by atoms with E-state index in [4.69, 9.17) is 9.47 Å². The first-order valence-corrected chi connectivity index (χ1v) is 10.3. The molecule has 2 heterocycles. The minimum absolute atomic E-state index is 0.0546. The maximum atomic E-state index is 11.8. The first-order chi connectivity index (χ1) is 11.3. The van der Waals surface area contributed by atoms with Crippen LogP contribution in [-0.4, -0.2) is 43.3 Å². The van der Waals surface area contributed by atoms with Crippen molar-refractivity contribution < 1.29 is 14.3 Å². The van der Waals surface area contributed by atoms with Gasteiger partial charge in [0.25, 0.3) is 5.91 Å². The van der Waals surface area contributed by atoms with E-state index in [2.05, 4.69) is 17.4 Å². The van der Waals surface area contributed by atoms with Gasteiger partial charge in [-0.1, -0.05) is 12.1 Å². The Balaban J connectivity index is 1.40. The van der Waals surface area contributed by atoms with Gasteiger partial charge in [-0.05, 0) is 48.5 Å². The van der Waals surface area contributed by atoms with Crippen molar-refractivity contribution in [1.82, 2.24) is 5.32 Å². The second-order valence-electron chi connectivity index (χ2n) is 5.72. The zero-order valence-electron chi connectivity index (χ0n) is 13.2. The molecular weight excluding hydrogens is 330 g/mol. The van der Waals surface area contributed by atoms with Crippen LogP contribution in [0.5, 0.6) is 5.75 Å². The summed E-state index contributed by atoms with van der Waals surface area (Å²) in [6, 6.07) is 8.13. The summed E-state index contributed by atoms with van der Waals surface area (Å²) in [5.41, 5.74) is 1.33. The smallest absolute Gasteiger partial charge is 0.258 e. The van der Waals surface area contributed by atoms with Crippen molar-refractivity contribution in [2.75, 3.05) is 31.3 Å². The number of hydrogen-bond acceptors (Lipinski definition) is 5. The average molecular weight is 354 g/mol. The number of benzene rings is 1. The van der Waals surface area contributed by atoms with E-state index < -0.39 is 0 Å². The minimum Gasteiger partial charge on any atom is -0.484 e. The fourth-order valence-electron chi connectivity index (χ4n) is 2.63. The lowest BCUT2D eigenvalue weighted by atomic mass is 10.2. The van der Waals surface area contributed by atoms with Crippen molar-refractivity contribution in [3.8, 4) is 5.75 Å². The van der Waals surface area contributed by atoms with Crippen LogP contribution >= 0.6 is 23.5 Å². The molecule has 126 valence electrons. The molecule has 0 spiro atoms. The van der Waals surface area contributed by atoms with Gasteiger partial charge in [-0.2, -0.15) is 0 Å². The minimum atomic E-state index is -0.0945. The van der Waals surface area contributed by atoms with Gasteiger partial charge in [0, 0.05) is 13.2 Å². The highest BCUT2D eigenvalue weighted by Gasteiger charge is 2.17. The van der Waals surface area contributed by atoms with Crippen LogP contribution in [0.25, 0.3) is 0 Å². The Bertz CT molecular complexity index is 497. The number of rotatable bonds is 6. The summed E-state index contributed by atoms with van der Waals surface area (Å²) < 4.78 is 11.6. The first-order valence-electron chi connectivity index (χ1n) is 8.15. The van der Waals surface area contributed by atoms with E-state index in [9.17, 15) is 4.79 Å². The maximum Gasteiger partial charge on any atom is 0.258 e. The second-order valence-corrected chi connectivity index (χ2v) is 8.45. The number of nitrogens with one attached hydrogen (secondary N) is 1. The largest absolute Gasteiger partial charge is 0.484 e. The molecule has 2 aliphatic rings. The van der Waals surface area contributed by atoms with Crippen LogP contribution in [0.4, 0.5) is 0 Å². The van der Waals surface area contributed by atoms with Gasteiger partial charge in [0.2, 0.25) is 0 Å². The number of carbonyl (C=O) groups is 1. The SMILES string of the molecule is O=C(COc1ccc(C2SCCCS2)cc1)NCC1CCCO1. The highest BCUT2D eigenvalue weighted by Crippen LogP contribution is 2.43. The molecule has 2 fully saturated rings. The summed E-state index contributed by atoms with van der Waals surface area (Å²) in [6.45, 7) is 1.44. The van der Waals surface area contributed by atoms with Crippen LogP contribution in [0.3, 0.4) is 0 Å². The zero-order chi connectivity index (χ0) is 15.9. The topological polar surface area (TPSA) is 47.6 Å². The van der Waals surface area contributed by atoms with E-state index in [1.54, 1.807) is 0 Å². The standard InChI is InChI=1S/C17H23NO3S2/c19-16(18-11-15-3-1-8-20-15)12-21-14-6-4-13(5-7-14)17-22-9-2-10-23-17/h4-7,15,17H,1-3,8-12H2,(H,18,19). The number of amides is 1. The molecule has 1 unspecified atom stereocenters. The predicted octanol–water partition coefficient (Wildman–Crippen LogP) is 3.23. The van der Waals surface area contributed by atoms with Gasteiger partial charge >= 0.3 is 0 Å². The summed E-state index contributed by atoms with van der Waals surface area (Å²) in [7, 11) is 0. The number of carbonyl (C=O) groups excluding carboxylic acids is 1. The lowest BCUT2D eigenvalue weighted by molar-refractivity contribution is -0.123. The molecule has 0 radical (unpaired) electrons. The fourth-order valence-corrected chi connectivity index (χ4v) is 5.53. The highest BCUT2D eigenvalue weighted by molar-refractivity contribution is 8.16.